The third-order valence-corrected chi connectivity index (χ3v) is 4.65. The smallest absolute Gasteiger partial charge is 0.257 e. The van der Waals surface area contributed by atoms with Gasteiger partial charge in [-0.15, -0.1) is 0 Å². The SMILES string of the molecule is CN(C(=O)c1cnn2c1C(CN)CCC2)C1CCC1. The monoisotopic (exact) mass is 262 g/mol. The lowest BCUT2D eigenvalue weighted by Gasteiger charge is -2.35. The third kappa shape index (κ3) is 2.06. The minimum absolute atomic E-state index is 0.117. The first-order chi connectivity index (χ1) is 9.22. The van der Waals surface area contributed by atoms with Gasteiger partial charge in [-0.1, -0.05) is 0 Å². The van der Waals surface area contributed by atoms with Gasteiger partial charge in [-0.25, -0.2) is 0 Å². The summed E-state index contributed by atoms with van der Waals surface area (Å²) in [6, 6.07) is 0.419. The van der Waals surface area contributed by atoms with Crippen molar-refractivity contribution in [1.29, 1.82) is 0 Å². The van der Waals surface area contributed by atoms with Gasteiger partial charge in [0.15, 0.2) is 0 Å². The first-order valence-electron chi connectivity index (χ1n) is 7.25. The second kappa shape index (κ2) is 4.96. The van der Waals surface area contributed by atoms with Crippen LogP contribution in [0.15, 0.2) is 6.20 Å². The molecule has 2 N–H and O–H groups in total. The Morgan fingerprint density at radius 3 is 2.89 bits per heavy atom. The quantitative estimate of drug-likeness (QED) is 0.894. The van der Waals surface area contributed by atoms with Gasteiger partial charge in [0.1, 0.15) is 0 Å². The van der Waals surface area contributed by atoms with Gasteiger partial charge in [0.2, 0.25) is 0 Å². The van der Waals surface area contributed by atoms with Gasteiger partial charge >= 0.3 is 0 Å². The number of rotatable bonds is 3. The standard InChI is InChI=1S/C14H22N4O/c1-17(11-5-2-6-11)14(19)12-9-16-18-7-3-4-10(8-15)13(12)18/h9-11H,2-8,15H2,1H3. The highest BCUT2D eigenvalue weighted by atomic mass is 16.2. The number of aryl methyl sites for hydroxylation is 1. The maximum absolute atomic E-state index is 12.6. The molecule has 0 spiro atoms. The molecule has 1 atom stereocenters. The summed E-state index contributed by atoms with van der Waals surface area (Å²) in [5.74, 6) is 0.399. The van der Waals surface area contributed by atoms with E-state index in [1.54, 1.807) is 6.20 Å². The molecule has 2 aliphatic rings. The Kier molecular flexibility index (Phi) is 3.31. The van der Waals surface area contributed by atoms with Crippen LogP contribution in [0.1, 0.15) is 54.1 Å². The molecule has 1 aromatic rings. The molecule has 1 saturated carbocycles. The van der Waals surface area contributed by atoms with Crippen LogP contribution in [0, 0.1) is 0 Å². The molecule has 104 valence electrons. The van der Waals surface area contributed by atoms with Crippen molar-refractivity contribution in [1.82, 2.24) is 14.7 Å². The highest BCUT2D eigenvalue weighted by Crippen LogP contribution is 2.31. The van der Waals surface area contributed by atoms with E-state index in [4.69, 9.17) is 5.73 Å². The van der Waals surface area contributed by atoms with Crippen LogP contribution in [0.4, 0.5) is 0 Å². The van der Waals surface area contributed by atoms with E-state index in [-0.39, 0.29) is 11.8 Å². The lowest BCUT2D eigenvalue weighted by Crippen LogP contribution is -2.41. The van der Waals surface area contributed by atoms with Crippen LogP contribution < -0.4 is 5.73 Å². The molecule has 5 nitrogen and oxygen atoms in total. The Balaban J connectivity index is 1.88. The number of amides is 1. The van der Waals surface area contributed by atoms with Crippen LogP contribution >= 0.6 is 0 Å². The van der Waals surface area contributed by atoms with E-state index in [1.807, 2.05) is 16.6 Å². The molecule has 0 bridgehead atoms. The second-order valence-electron chi connectivity index (χ2n) is 5.74. The van der Waals surface area contributed by atoms with Crippen molar-refractivity contribution in [3.8, 4) is 0 Å². The molecule has 1 aliphatic heterocycles. The predicted molar refractivity (Wildman–Crippen MR) is 73.0 cm³/mol. The third-order valence-electron chi connectivity index (χ3n) is 4.65. The Hall–Kier alpha value is -1.36. The van der Waals surface area contributed by atoms with Crippen molar-refractivity contribution in [2.45, 2.75) is 50.6 Å². The maximum Gasteiger partial charge on any atom is 0.257 e. The molecule has 0 saturated heterocycles. The number of hydrogen-bond donors (Lipinski definition) is 1. The van der Waals surface area contributed by atoms with Gasteiger partial charge in [0.25, 0.3) is 5.91 Å². The van der Waals surface area contributed by atoms with Gasteiger partial charge in [-0.2, -0.15) is 5.10 Å². The second-order valence-corrected chi connectivity index (χ2v) is 5.74. The van der Waals surface area contributed by atoms with Gasteiger partial charge in [-0.05, 0) is 32.1 Å². The molecule has 2 heterocycles. The molecule has 3 rings (SSSR count). The lowest BCUT2D eigenvalue weighted by molar-refractivity contribution is 0.0649. The predicted octanol–water partition coefficient (Wildman–Crippen LogP) is 1.34. The van der Waals surface area contributed by atoms with E-state index in [2.05, 4.69) is 5.10 Å². The first kappa shape index (κ1) is 12.7. The van der Waals surface area contributed by atoms with Crippen LogP contribution in [0.2, 0.25) is 0 Å². The van der Waals surface area contributed by atoms with Crippen molar-refractivity contribution < 1.29 is 4.79 Å². The topological polar surface area (TPSA) is 64.2 Å². The summed E-state index contributed by atoms with van der Waals surface area (Å²) in [6.45, 7) is 1.51. The molecule has 1 aliphatic carbocycles. The number of hydrogen-bond acceptors (Lipinski definition) is 3. The molecule has 1 fully saturated rings. The van der Waals surface area contributed by atoms with E-state index in [0.29, 0.717) is 12.6 Å². The largest absolute Gasteiger partial charge is 0.339 e. The normalized spacial score (nSPS) is 22.7. The van der Waals surface area contributed by atoms with E-state index >= 15 is 0 Å². The van der Waals surface area contributed by atoms with Crippen LogP contribution in [0.3, 0.4) is 0 Å². The number of nitrogens with zero attached hydrogens (tertiary/aromatic N) is 3. The molecule has 5 heteroatoms. The van der Waals surface area contributed by atoms with E-state index < -0.39 is 0 Å². The maximum atomic E-state index is 12.6. The highest BCUT2D eigenvalue weighted by Gasteiger charge is 2.32. The molecule has 1 aromatic heterocycles. The fourth-order valence-corrected chi connectivity index (χ4v) is 3.15. The van der Waals surface area contributed by atoms with E-state index in [1.165, 1.54) is 6.42 Å². The van der Waals surface area contributed by atoms with Crippen LogP contribution in [-0.4, -0.2) is 40.2 Å². The lowest BCUT2D eigenvalue weighted by atomic mass is 9.90. The number of nitrogens with two attached hydrogens (primary N) is 1. The molecule has 0 aromatic carbocycles. The first-order valence-corrected chi connectivity index (χ1v) is 7.25. The molecule has 1 unspecified atom stereocenters. The van der Waals surface area contributed by atoms with Crippen molar-refractivity contribution in [3.05, 3.63) is 17.5 Å². The summed E-state index contributed by atoms with van der Waals surface area (Å²) in [6.07, 6.45) is 7.40. The van der Waals surface area contributed by atoms with Gasteiger partial charge in [-0.3, -0.25) is 9.48 Å². The van der Waals surface area contributed by atoms with Crippen molar-refractivity contribution in [2.75, 3.05) is 13.6 Å². The van der Waals surface area contributed by atoms with Crippen molar-refractivity contribution in [2.24, 2.45) is 5.73 Å². The molecule has 1 amide bonds. The number of fused-ring (bicyclic) bond motifs is 1. The fraction of sp³-hybridized carbons (Fsp3) is 0.714. The van der Waals surface area contributed by atoms with Crippen molar-refractivity contribution >= 4 is 5.91 Å². The Labute approximate surface area is 113 Å². The fourth-order valence-electron chi connectivity index (χ4n) is 3.15. The Morgan fingerprint density at radius 2 is 2.26 bits per heavy atom. The van der Waals surface area contributed by atoms with Crippen molar-refractivity contribution in [3.63, 3.8) is 0 Å². The zero-order valence-corrected chi connectivity index (χ0v) is 11.5. The average Bonchev–Trinajstić information content (AvgIpc) is 2.79. The Morgan fingerprint density at radius 1 is 1.47 bits per heavy atom. The highest BCUT2D eigenvalue weighted by molar-refractivity contribution is 5.95. The Bertz CT molecular complexity index is 478. The molecule has 19 heavy (non-hydrogen) atoms. The minimum atomic E-state index is 0.117. The van der Waals surface area contributed by atoms with Gasteiger partial charge < -0.3 is 10.6 Å². The van der Waals surface area contributed by atoms with E-state index in [9.17, 15) is 4.79 Å². The zero-order valence-electron chi connectivity index (χ0n) is 11.5. The van der Waals surface area contributed by atoms with Gasteiger partial charge in [0.05, 0.1) is 17.5 Å². The number of carbonyl (C=O) groups excluding carboxylic acids is 1. The molecular formula is C14H22N4O. The zero-order chi connectivity index (χ0) is 13.4. The minimum Gasteiger partial charge on any atom is -0.339 e. The van der Waals surface area contributed by atoms with E-state index in [0.717, 1.165) is 43.5 Å². The van der Waals surface area contributed by atoms with Crippen LogP contribution in [-0.2, 0) is 6.54 Å². The van der Waals surface area contributed by atoms with Crippen LogP contribution in [0.25, 0.3) is 0 Å². The number of aromatic nitrogens is 2. The summed E-state index contributed by atoms with van der Waals surface area (Å²) in [7, 11) is 1.91. The summed E-state index contributed by atoms with van der Waals surface area (Å²) in [5, 5.41) is 4.38. The van der Waals surface area contributed by atoms with Gasteiger partial charge in [0, 0.05) is 32.1 Å². The number of carbonyl (C=O) groups is 1. The molecule has 0 radical (unpaired) electrons. The van der Waals surface area contributed by atoms with Crippen LogP contribution in [0.5, 0.6) is 0 Å². The summed E-state index contributed by atoms with van der Waals surface area (Å²) in [5.41, 5.74) is 7.68. The average molecular weight is 262 g/mol. The summed E-state index contributed by atoms with van der Waals surface area (Å²) >= 11 is 0. The summed E-state index contributed by atoms with van der Waals surface area (Å²) < 4.78 is 1.98. The summed E-state index contributed by atoms with van der Waals surface area (Å²) in [4.78, 5) is 14.5. The molecular weight excluding hydrogens is 240 g/mol.